The number of nitrogens with zero attached hydrogens (tertiary/aromatic N) is 2. The summed E-state index contributed by atoms with van der Waals surface area (Å²) in [6.45, 7) is 2.92. The Hall–Kier alpha value is -1.11. The maximum absolute atomic E-state index is 9.05. The third-order valence-corrected chi connectivity index (χ3v) is 2.66. The van der Waals surface area contributed by atoms with Crippen LogP contribution in [0, 0.1) is 0 Å². The van der Waals surface area contributed by atoms with Gasteiger partial charge in [0.2, 0.25) is 0 Å². The Morgan fingerprint density at radius 1 is 1.56 bits per heavy atom. The van der Waals surface area contributed by atoms with Crippen molar-refractivity contribution < 1.29 is 19.4 Å². The number of aromatic nitrogens is 1. The fraction of sp³-hybridized carbons (Fsp3) is 0.700. The molecule has 0 radical (unpaired) electrons. The molecule has 1 saturated heterocycles. The van der Waals surface area contributed by atoms with Gasteiger partial charge >= 0.3 is 0 Å². The third kappa shape index (κ3) is 2.18. The Morgan fingerprint density at radius 2 is 2.38 bits per heavy atom. The minimum absolute atomic E-state index is 0.0171. The molecule has 0 aromatic carbocycles. The Kier molecular flexibility index (Phi) is 3.42. The Balaban J connectivity index is 2.11. The molecule has 1 aromatic heterocycles. The summed E-state index contributed by atoms with van der Waals surface area (Å²) in [6.07, 6.45) is 1.23. The Bertz CT molecular complexity index is 341. The monoisotopic (exact) mass is 228 g/mol. The van der Waals surface area contributed by atoms with Gasteiger partial charge in [-0.05, 0) is 6.92 Å². The summed E-state index contributed by atoms with van der Waals surface area (Å²) in [6, 6.07) is 0.617. The molecule has 1 aliphatic heterocycles. The van der Waals surface area contributed by atoms with Crippen LogP contribution in [-0.4, -0.2) is 47.1 Å². The lowest BCUT2D eigenvalue weighted by Gasteiger charge is -2.36. The second-order valence-corrected chi connectivity index (χ2v) is 3.92. The summed E-state index contributed by atoms with van der Waals surface area (Å²) in [5.41, 5.74) is 0.509. The molecule has 1 fully saturated rings. The van der Waals surface area contributed by atoms with Gasteiger partial charge in [-0.1, -0.05) is 0 Å². The van der Waals surface area contributed by atoms with Crippen LogP contribution in [0.25, 0.3) is 0 Å². The van der Waals surface area contributed by atoms with Crippen LogP contribution < -0.4 is 4.90 Å². The topological polar surface area (TPSA) is 79.0 Å². The predicted octanol–water partition coefficient (Wildman–Crippen LogP) is -0.247. The molecule has 0 amide bonds. The zero-order valence-electron chi connectivity index (χ0n) is 9.17. The zero-order chi connectivity index (χ0) is 11.5. The summed E-state index contributed by atoms with van der Waals surface area (Å²) in [4.78, 5) is 6.08. The summed E-state index contributed by atoms with van der Waals surface area (Å²) in [5, 5.41) is 18.0. The maximum atomic E-state index is 9.05. The molecule has 1 aromatic rings. The van der Waals surface area contributed by atoms with Gasteiger partial charge in [-0.25, -0.2) is 0 Å². The second-order valence-electron chi connectivity index (χ2n) is 3.92. The van der Waals surface area contributed by atoms with Crippen molar-refractivity contribution in [1.29, 1.82) is 0 Å². The van der Waals surface area contributed by atoms with E-state index in [0.717, 1.165) is 0 Å². The fourth-order valence-corrected chi connectivity index (χ4v) is 1.70. The quantitative estimate of drug-likeness (QED) is 0.743. The van der Waals surface area contributed by atoms with Crippen LogP contribution in [0.4, 0.5) is 6.01 Å². The highest BCUT2D eigenvalue weighted by Crippen LogP contribution is 2.21. The number of hydrogen-bond donors (Lipinski definition) is 2. The minimum Gasteiger partial charge on any atom is -0.432 e. The molecule has 0 spiro atoms. The molecule has 0 saturated carbocycles. The largest absolute Gasteiger partial charge is 0.432 e. The van der Waals surface area contributed by atoms with Crippen LogP contribution in [0.3, 0.4) is 0 Å². The van der Waals surface area contributed by atoms with Gasteiger partial charge in [0.05, 0.1) is 38.5 Å². The van der Waals surface area contributed by atoms with Crippen molar-refractivity contribution in [3.8, 4) is 0 Å². The summed E-state index contributed by atoms with van der Waals surface area (Å²) in [5.74, 6) is 0. The lowest BCUT2D eigenvalue weighted by molar-refractivity contribution is -0.0118. The number of oxazole rings is 1. The number of ether oxygens (including phenoxy) is 1. The van der Waals surface area contributed by atoms with E-state index in [1.165, 1.54) is 6.26 Å². The Morgan fingerprint density at radius 3 is 3.00 bits per heavy atom. The number of anilines is 1. The maximum Gasteiger partial charge on any atom is 0.297 e. The highest BCUT2D eigenvalue weighted by atomic mass is 16.5. The molecule has 90 valence electrons. The molecule has 2 rings (SSSR count). The van der Waals surface area contributed by atoms with Crippen LogP contribution in [0.15, 0.2) is 10.7 Å². The van der Waals surface area contributed by atoms with Crippen LogP contribution in [0.5, 0.6) is 0 Å². The van der Waals surface area contributed by atoms with E-state index in [1.54, 1.807) is 0 Å². The van der Waals surface area contributed by atoms with Crippen molar-refractivity contribution in [3.05, 3.63) is 12.0 Å². The highest BCUT2D eigenvalue weighted by molar-refractivity contribution is 5.30. The molecule has 2 unspecified atom stereocenters. The molecule has 0 aliphatic carbocycles. The van der Waals surface area contributed by atoms with Gasteiger partial charge in [0.1, 0.15) is 12.0 Å². The van der Waals surface area contributed by atoms with Crippen LogP contribution >= 0.6 is 0 Å². The van der Waals surface area contributed by atoms with E-state index in [-0.39, 0.29) is 25.4 Å². The summed E-state index contributed by atoms with van der Waals surface area (Å²) in [7, 11) is 0. The molecule has 6 nitrogen and oxygen atoms in total. The Labute approximate surface area is 93.5 Å². The number of hydrogen-bond acceptors (Lipinski definition) is 6. The lowest BCUT2D eigenvalue weighted by Crippen LogP contribution is -2.49. The van der Waals surface area contributed by atoms with Gasteiger partial charge < -0.3 is 24.3 Å². The first kappa shape index (κ1) is 11.4. The molecular formula is C10H16N2O4. The molecule has 1 aliphatic rings. The number of aliphatic hydroxyl groups excluding tert-OH is 2. The van der Waals surface area contributed by atoms with Gasteiger partial charge in [0.25, 0.3) is 6.01 Å². The normalized spacial score (nSPS) is 26.1. The molecule has 16 heavy (non-hydrogen) atoms. The van der Waals surface area contributed by atoms with Gasteiger partial charge in [-0.3, -0.25) is 0 Å². The smallest absolute Gasteiger partial charge is 0.297 e. The first-order chi connectivity index (χ1) is 7.74. The number of morpholine rings is 1. The van der Waals surface area contributed by atoms with Crippen LogP contribution in [0.1, 0.15) is 12.6 Å². The van der Waals surface area contributed by atoms with E-state index in [1.807, 2.05) is 11.8 Å². The molecule has 2 heterocycles. The fourth-order valence-electron chi connectivity index (χ4n) is 1.70. The third-order valence-electron chi connectivity index (χ3n) is 2.66. The average Bonchev–Trinajstić information content (AvgIpc) is 2.78. The van der Waals surface area contributed by atoms with Crippen LogP contribution in [-0.2, 0) is 11.3 Å². The number of rotatable bonds is 3. The van der Waals surface area contributed by atoms with Crippen molar-refractivity contribution >= 4 is 6.01 Å². The number of aliphatic hydroxyl groups is 2. The highest BCUT2D eigenvalue weighted by Gasteiger charge is 2.28. The van der Waals surface area contributed by atoms with Crippen molar-refractivity contribution in [2.75, 3.05) is 24.7 Å². The van der Waals surface area contributed by atoms with Crippen molar-refractivity contribution in [2.24, 2.45) is 0 Å². The van der Waals surface area contributed by atoms with E-state index in [9.17, 15) is 0 Å². The van der Waals surface area contributed by atoms with E-state index >= 15 is 0 Å². The van der Waals surface area contributed by atoms with Gasteiger partial charge in [-0.15, -0.1) is 0 Å². The van der Waals surface area contributed by atoms with Gasteiger partial charge in [0.15, 0.2) is 0 Å². The standard InChI is InChI=1S/C10H16N2O4/c1-7-5-15-9(4-14)2-12(7)10-11-8(3-13)6-16-10/h6-7,9,13-14H,2-5H2,1H3. The van der Waals surface area contributed by atoms with Crippen LogP contribution in [0.2, 0.25) is 0 Å². The van der Waals surface area contributed by atoms with E-state index in [0.29, 0.717) is 24.9 Å². The van der Waals surface area contributed by atoms with Gasteiger partial charge in [-0.2, -0.15) is 4.98 Å². The predicted molar refractivity (Wildman–Crippen MR) is 56.1 cm³/mol. The summed E-state index contributed by atoms with van der Waals surface area (Å²) >= 11 is 0. The zero-order valence-corrected chi connectivity index (χ0v) is 9.17. The van der Waals surface area contributed by atoms with E-state index in [2.05, 4.69) is 4.98 Å². The minimum atomic E-state index is -0.208. The molecule has 2 atom stereocenters. The SMILES string of the molecule is CC1COC(CO)CN1c1nc(CO)co1. The van der Waals surface area contributed by atoms with Crippen molar-refractivity contribution in [2.45, 2.75) is 25.7 Å². The molecular weight excluding hydrogens is 212 g/mol. The van der Waals surface area contributed by atoms with Crippen molar-refractivity contribution in [1.82, 2.24) is 4.98 Å². The molecule has 6 heteroatoms. The van der Waals surface area contributed by atoms with Gasteiger partial charge in [0, 0.05) is 0 Å². The first-order valence-corrected chi connectivity index (χ1v) is 5.29. The van der Waals surface area contributed by atoms with E-state index < -0.39 is 0 Å². The summed E-state index contributed by atoms with van der Waals surface area (Å²) < 4.78 is 10.7. The lowest BCUT2D eigenvalue weighted by atomic mass is 10.2. The molecule has 0 bridgehead atoms. The second kappa shape index (κ2) is 4.82. The average molecular weight is 228 g/mol. The van der Waals surface area contributed by atoms with Crippen molar-refractivity contribution in [3.63, 3.8) is 0 Å². The first-order valence-electron chi connectivity index (χ1n) is 5.29. The molecule has 2 N–H and O–H groups in total. The van der Waals surface area contributed by atoms with E-state index in [4.69, 9.17) is 19.4 Å².